The van der Waals surface area contributed by atoms with E-state index in [4.69, 9.17) is 10.00 Å². The third-order valence-electron chi connectivity index (χ3n) is 2.38. The van der Waals surface area contributed by atoms with Crippen LogP contribution in [0.3, 0.4) is 0 Å². The van der Waals surface area contributed by atoms with Gasteiger partial charge in [0, 0.05) is 4.43 Å². The average molecular weight is 295 g/mol. The first-order valence-electron chi connectivity index (χ1n) is 4.48. The Morgan fingerprint density at radius 1 is 1.69 bits per heavy atom. The minimum Gasteiger partial charge on any atom is -0.392 e. The number of alkyl halides is 1. The molecule has 1 saturated heterocycles. The minimum atomic E-state index is -0.594. The van der Waals surface area contributed by atoms with Crippen molar-refractivity contribution in [1.29, 1.82) is 5.26 Å². The van der Waals surface area contributed by atoms with Crippen LogP contribution in [-0.2, 0) is 4.74 Å². The Hall–Kier alpha value is 0.140. The molecule has 3 nitrogen and oxygen atoms in total. The number of hydrogen-bond acceptors (Lipinski definition) is 3. The monoisotopic (exact) mass is 295 g/mol. The Morgan fingerprint density at radius 3 is 2.77 bits per heavy atom. The topological polar surface area (TPSA) is 53.2 Å². The first kappa shape index (κ1) is 11.2. The lowest BCUT2D eigenvalue weighted by Crippen LogP contribution is -2.29. The maximum absolute atomic E-state index is 9.33. The highest BCUT2D eigenvalue weighted by molar-refractivity contribution is 14.1. The van der Waals surface area contributed by atoms with Gasteiger partial charge in [-0.1, -0.05) is 22.6 Å². The van der Waals surface area contributed by atoms with Crippen molar-refractivity contribution in [2.75, 3.05) is 4.43 Å². The van der Waals surface area contributed by atoms with Crippen LogP contribution >= 0.6 is 22.6 Å². The first-order chi connectivity index (χ1) is 6.19. The van der Waals surface area contributed by atoms with Gasteiger partial charge < -0.3 is 9.84 Å². The quantitative estimate of drug-likeness (QED) is 0.634. The van der Waals surface area contributed by atoms with Crippen LogP contribution in [0.5, 0.6) is 0 Å². The molecule has 0 bridgehead atoms. The summed E-state index contributed by atoms with van der Waals surface area (Å²) in [7, 11) is 0. The van der Waals surface area contributed by atoms with Gasteiger partial charge in [-0.25, -0.2) is 0 Å². The summed E-state index contributed by atoms with van der Waals surface area (Å²) in [6.45, 7) is 1.65. The van der Waals surface area contributed by atoms with E-state index in [2.05, 4.69) is 28.7 Å². The van der Waals surface area contributed by atoms with E-state index < -0.39 is 6.10 Å². The van der Waals surface area contributed by atoms with Crippen LogP contribution in [0.4, 0.5) is 0 Å². The summed E-state index contributed by atoms with van der Waals surface area (Å²) in [5.74, 6) is -0.368. The summed E-state index contributed by atoms with van der Waals surface area (Å²) >= 11 is 2.28. The van der Waals surface area contributed by atoms with Gasteiger partial charge in [0.25, 0.3) is 0 Å². The van der Waals surface area contributed by atoms with E-state index in [0.29, 0.717) is 0 Å². The molecule has 0 amide bonds. The van der Waals surface area contributed by atoms with Gasteiger partial charge in [0.1, 0.15) is 0 Å². The zero-order chi connectivity index (χ0) is 9.84. The number of halogens is 1. The van der Waals surface area contributed by atoms with Crippen LogP contribution in [0.1, 0.15) is 19.8 Å². The summed E-state index contributed by atoms with van der Waals surface area (Å²) in [4.78, 5) is 0. The molecule has 1 aliphatic rings. The van der Waals surface area contributed by atoms with Crippen LogP contribution in [0.2, 0.25) is 0 Å². The maximum Gasteiger partial charge on any atom is 0.0981 e. The Labute approximate surface area is 92.2 Å². The molecule has 74 valence electrons. The highest BCUT2D eigenvalue weighted by Crippen LogP contribution is 2.27. The molecule has 0 unspecified atom stereocenters. The smallest absolute Gasteiger partial charge is 0.0981 e. The van der Waals surface area contributed by atoms with E-state index in [1.165, 1.54) is 0 Å². The third-order valence-corrected chi connectivity index (χ3v) is 3.36. The molecular weight excluding hydrogens is 281 g/mol. The summed E-state index contributed by atoms with van der Waals surface area (Å²) in [6.07, 6.45) is 1.53. The highest BCUT2D eigenvalue weighted by Gasteiger charge is 2.33. The fourth-order valence-electron chi connectivity index (χ4n) is 1.61. The van der Waals surface area contributed by atoms with E-state index >= 15 is 0 Å². The third kappa shape index (κ3) is 2.79. The highest BCUT2D eigenvalue weighted by atomic mass is 127. The SMILES string of the molecule is C[C@@H](O)[C@H](C#N)[C@@H]1CC[C@@H](CI)O1. The van der Waals surface area contributed by atoms with Crippen molar-refractivity contribution in [3.05, 3.63) is 0 Å². The lowest BCUT2D eigenvalue weighted by Gasteiger charge is -2.19. The van der Waals surface area contributed by atoms with Gasteiger partial charge in [-0.05, 0) is 19.8 Å². The van der Waals surface area contributed by atoms with Gasteiger partial charge in [0.05, 0.1) is 30.3 Å². The molecule has 0 aliphatic carbocycles. The zero-order valence-electron chi connectivity index (χ0n) is 7.61. The summed E-state index contributed by atoms with van der Waals surface area (Å²) < 4.78 is 6.60. The van der Waals surface area contributed by atoms with Gasteiger partial charge in [0.15, 0.2) is 0 Å². The second-order valence-electron chi connectivity index (χ2n) is 3.42. The number of nitrogens with zero attached hydrogens (tertiary/aromatic N) is 1. The molecule has 4 atom stereocenters. The normalized spacial score (nSPS) is 32.5. The summed E-state index contributed by atoms with van der Waals surface area (Å²) in [5.41, 5.74) is 0. The number of aliphatic hydroxyl groups excluding tert-OH is 1. The van der Waals surface area contributed by atoms with Crippen molar-refractivity contribution in [1.82, 2.24) is 0 Å². The number of aliphatic hydroxyl groups is 1. The van der Waals surface area contributed by atoms with Gasteiger partial charge in [-0.3, -0.25) is 0 Å². The molecule has 0 aromatic carbocycles. The number of ether oxygens (including phenoxy) is 1. The maximum atomic E-state index is 9.33. The van der Waals surface area contributed by atoms with Gasteiger partial charge in [-0.2, -0.15) is 5.26 Å². The van der Waals surface area contributed by atoms with Crippen LogP contribution in [0, 0.1) is 17.2 Å². The lowest BCUT2D eigenvalue weighted by molar-refractivity contribution is -0.000631. The van der Waals surface area contributed by atoms with E-state index in [1.54, 1.807) is 6.92 Å². The van der Waals surface area contributed by atoms with Crippen molar-refractivity contribution in [2.45, 2.75) is 38.1 Å². The molecule has 1 rings (SSSR count). The number of rotatable bonds is 3. The van der Waals surface area contributed by atoms with E-state index in [-0.39, 0.29) is 18.1 Å². The molecule has 1 fully saturated rings. The lowest BCUT2D eigenvalue weighted by atomic mass is 9.96. The number of nitriles is 1. The summed E-state index contributed by atoms with van der Waals surface area (Å²) in [6, 6.07) is 2.11. The van der Waals surface area contributed by atoms with Crippen LogP contribution in [-0.4, -0.2) is 27.8 Å². The largest absolute Gasteiger partial charge is 0.392 e. The van der Waals surface area contributed by atoms with E-state index in [0.717, 1.165) is 17.3 Å². The van der Waals surface area contributed by atoms with Gasteiger partial charge in [-0.15, -0.1) is 0 Å². The molecular formula is C9H14INO2. The molecule has 13 heavy (non-hydrogen) atoms. The molecule has 0 aromatic heterocycles. The second-order valence-corrected chi connectivity index (χ2v) is 4.30. The van der Waals surface area contributed by atoms with Gasteiger partial charge >= 0.3 is 0 Å². The predicted octanol–water partition coefficient (Wildman–Crippen LogP) is 1.49. The molecule has 1 N–H and O–H groups in total. The Morgan fingerprint density at radius 2 is 2.38 bits per heavy atom. The van der Waals surface area contributed by atoms with Crippen LogP contribution < -0.4 is 0 Å². The summed E-state index contributed by atoms with van der Waals surface area (Å²) in [5, 5.41) is 18.2. The predicted molar refractivity (Wildman–Crippen MR) is 57.6 cm³/mol. The molecule has 0 saturated carbocycles. The first-order valence-corrected chi connectivity index (χ1v) is 6.00. The second kappa shape index (κ2) is 5.13. The molecule has 4 heteroatoms. The fourth-order valence-corrected chi connectivity index (χ4v) is 2.26. The van der Waals surface area contributed by atoms with Crippen molar-refractivity contribution >= 4 is 22.6 Å². The zero-order valence-corrected chi connectivity index (χ0v) is 9.77. The van der Waals surface area contributed by atoms with Gasteiger partial charge in [0.2, 0.25) is 0 Å². The Balaban J connectivity index is 2.49. The van der Waals surface area contributed by atoms with Crippen LogP contribution in [0.25, 0.3) is 0 Å². The minimum absolute atomic E-state index is 0.0650. The fraction of sp³-hybridized carbons (Fsp3) is 0.889. The Bertz CT molecular complexity index is 202. The average Bonchev–Trinajstić information content (AvgIpc) is 2.53. The van der Waals surface area contributed by atoms with Crippen molar-refractivity contribution in [3.8, 4) is 6.07 Å². The molecule has 0 aromatic rings. The molecule has 0 radical (unpaired) electrons. The van der Waals surface area contributed by atoms with Crippen molar-refractivity contribution in [2.24, 2.45) is 5.92 Å². The van der Waals surface area contributed by atoms with E-state index in [9.17, 15) is 5.11 Å². The Kier molecular flexibility index (Phi) is 4.42. The number of hydrogen-bond donors (Lipinski definition) is 1. The van der Waals surface area contributed by atoms with Crippen LogP contribution in [0.15, 0.2) is 0 Å². The molecule has 1 heterocycles. The molecule has 1 aliphatic heterocycles. The van der Waals surface area contributed by atoms with E-state index in [1.807, 2.05) is 0 Å². The van der Waals surface area contributed by atoms with Crippen molar-refractivity contribution in [3.63, 3.8) is 0 Å². The molecule has 0 spiro atoms. The van der Waals surface area contributed by atoms with Crippen molar-refractivity contribution < 1.29 is 9.84 Å². The standard InChI is InChI=1S/C9H14INO2/c1-6(12)8(5-11)9-3-2-7(4-10)13-9/h6-9,12H,2-4H2,1H3/t6-,7+,8+,9+/m1/s1.